The number of thiophene rings is 1. The van der Waals surface area contributed by atoms with Crippen LogP contribution in [0.25, 0.3) is 33.2 Å². The molecule has 1 saturated heterocycles. The van der Waals surface area contributed by atoms with Crippen LogP contribution < -0.4 is 5.73 Å². The molecule has 0 radical (unpaired) electrons. The van der Waals surface area contributed by atoms with E-state index >= 15 is 0 Å². The van der Waals surface area contributed by atoms with Crippen molar-refractivity contribution in [3.05, 3.63) is 72.1 Å². The Hall–Kier alpha value is -3.29. The average Bonchev–Trinajstić information content (AvgIpc) is 3.48. The van der Waals surface area contributed by atoms with Gasteiger partial charge in [-0.25, -0.2) is 15.0 Å². The molecule has 44 heavy (non-hydrogen) atoms. The quantitative estimate of drug-likeness (QED) is 0.334. The Labute approximate surface area is 262 Å². The Morgan fingerprint density at radius 3 is 1.45 bits per heavy atom. The van der Waals surface area contributed by atoms with Crippen LogP contribution in [0.15, 0.2) is 60.7 Å². The largest absolute Gasteiger partial charge is 0.391 e. The summed E-state index contributed by atoms with van der Waals surface area (Å²) >= 11 is 1.56. The molecule has 1 fully saturated rings. The fourth-order valence-corrected chi connectivity index (χ4v) is 6.04. The predicted molar refractivity (Wildman–Crippen MR) is 172 cm³/mol. The van der Waals surface area contributed by atoms with Crippen LogP contribution in [-0.4, -0.2) is 104 Å². The predicted octanol–water partition coefficient (Wildman–Crippen LogP) is 4.21. The molecule has 4 aromatic heterocycles. The second-order valence-corrected chi connectivity index (χ2v) is 12.0. The van der Waals surface area contributed by atoms with E-state index in [1.54, 1.807) is 11.3 Å². The van der Waals surface area contributed by atoms with Crippen LogP contribution in [0.2, 0.25) is 0 Å². The maximum atomic E-state index is 6.13. The molecule has 8 bridgehead atoms. The number of nitrogens with zero attached hydrogens (tertiary/aromatic N) is 5. The van der Waals surface area contributed by atoms with Crippen LogP contribution in [0.3, 0.4) is 0 Å². The zero-order valence-corrected chi connectivity index (χ0v) is 25.8. The number of nitrogen functional groups attached to an aromatic ring is 1. The van der Waals surface area contributed by atoms with E-state index in [0.717, 1.165) is 75.8 Å². The first-order valence-corrected chi connectivity index (χ1v) is 16.1. The monoisotopic (exact) mass is 616 g/mol. The normalized spacial score (nSPS) is 21.0. The summed E-state index contributed by atoms with van der Waals surface area (Å²) in [6, 6.07) is 20.4. The fraction of sp³-hybridized carbons (Fsp3) is 0.424. The molecule has 0 aromatic carbocycles. The molecule has 3 aliphatic heterocycles. The van der Waals surface area contributed by atoms with E-state index in [1.165, 1.54) is 0 Å². The molecule has 0 amide bonds. The van der Waals surface area contributed by atoms with Crippen molar-refractivity contribution in [2.75, 3.05) is 84.8 Å². The summed E-state index contributed by atoms with van der Waals surface area (Å²) in [6.45, 7) is 9.05. The Morgan fingerprint density at radius 1 is 0.545 bits per heavy atom. The van der Waals surface area contributed by atoms with Crippen molar-refractivity contribution in [2.45, 2.75) is 13.1 Å². The SMILES string of the molecule is Nc1ccc(-c2cc3nc(c2)-c2cccc(n2)CN2CCOCCOCCN(CCOCCOCC2)Cc2cccc-3n2)s1. The van der Waals surface area contributed by atoms with Gasteiger partial charge in [-0.3, -0.25) is 9.80 Å². The van der Waals surface area contributed by atoms with Gasteiger partial charge in [0.2, 0.25) is 0 Å². The second kappa shape index (κ2) is 15.6. The van der Waals surface area contributed by atoms with Crippen molar-refractivity contribution < 1.29 is 18.9 Å². The molecule has 0 saturated carbocycles. The highest BCUT2D eigenvalue weighted by molar-refractivity contribution is 7.19. The second-order valence-electron chi connectivity index (χ2n) is 10.9. The third kappa shape index (κ3) is 8.66. The first-order valence-electron chi connectivity index (χ1n) is 15.3. The topological polar surface area (TPSA) is 108 Å². The molecule has 0 aliphatic carbocycles. The minimum Gasteiger partial charge on any atom is -0.391 e. The van der Waals surface area contributed by atoms with Crippen LogP contribution in [0.1, 0.15) is 11.4 Å². The summed E-state index contributed by atoms with van der Waals surface area (Å²) in [5.74, 6) is 0. The Balaban J connectivity index is 1.42. The lowest BCUT2D eigenvalue weighted by Crippen LogP contribution is -2.33. The van der Waals surface area contributed by atoms with E-state index in [4.69, 9.17) is 39.6 Å². The van der Waals surface area contributed by atoms with Gasteiger partial charge in [0.05, 0.1) is 92.0 Å². The molecule has 232 valence electrons. The minimum absolute atomic E-state index is 0.560. The van der Waals surface area contributed by atoms with Gasteiger partial charge in [-0.1, -0.05) is 12.1 Å². The Bertz CT molecular complexity index is 1390. The number of pyridine rings is 3. The summed E-state index contributed by atoms with van der Waals surface area (Å²) < 4.78 is 23.7. The average molecular weight is 617 g/mol. The molecule has 3 aliphatic rings. The summed E-state index contributed by atoms with van der Waals surface area (Å²) in [6.07, 6.45) is 0. The number of anilines is 1. The van der Waals surface area contributed by atoms with Crippen LogP contribution in [0.4, 0.5) is 5.00 Å². The van der Waals surface area contributed by atoms with Gasteiger partial charge in [-0.05, 0) is 54.1 Å². The van der Waals surface area contributed by atoms with Gasteiger partial charge in [0.25, 0.3) is 0 Å². The maximum Gasteiger partial charge on any atom is 0.0900 e. The molecule has 2 N–H and O–H groups in total. The van der Waals surface area contributed by atoms with Gasteiger partial charge in [0.1, 0.15) is 0 Å². The summed E-state index contributed by atoms with van der Waals surface area (Å²) in [5.41, 5.74) is 12.3. The van der Waals surface area contributed by atoms with Crippen molar-refractivity contribution in [2.24, 2.45) is 0 Å². The Kier molecular flexibility index (Phi) is 10.9. The van der Waals surface area contributed by atoms with Gasteiger partial charge >= 0.3 is 0 Å². The van der Waals surface area contributed by atoms with Gasteiger partial charge in [-0.15, -0.1) is 11.3 Å². The lowest BCUT2D eigenvalue weighted by Gasteiger charge is -2.23. The highest BCUT2D eigenvalue weighted by Crippen LogP contribution is 2.34. The number of aromatic nitrogens is 3. The highest BCUT2D eigenvalue weighted by atomic mass is 32.1. The summed E-state index contributed by atoms with van der Waals surface area (Å²) in [4.78, 5) is 21.0. The smallest absolute Gasteiger partial charge is 0.0900 e. The molecule has 11 heteroatoms. The molecule has 0 spiro atoms. The first kappa shape index (κ1) is 30.7. The highest BCUT2D eigenvalue weighted by Gasteiger charge is 2.15. The van der Waals surface area contributed by atoms with E-state index in [-0.39, 0.29) is 0 Å². The van der Waals surface area contributed by atoms with Crippen molar-refractivity contribution >= 4 is 16.3 Å². The number of rotatable bonds is 1. The van der Waals surface area contributed by atoms with E-state index in [1.807, 2.05) is 30.3 Å². The number of hydrogen-bond acceptors (Lipinski definition) is 11. The fourth-order valence-electron chi connectivity index (χ4n) is 5.28. The number of hydrogen-bond donors (Lipinski definition) is 1. The summed E-state index contributed by atoms with van der Waals surface area (Å²) in [7, 11) is 0. The van der Waals surface area contributed by atoms with Crippen molar-refractivity contribution in [3.8, 4) is 33.2 Å². The van der Waals surface area contributed by atoms with Gasteiger partial charge in [0, 0.05) is 44.1 Å². The lowest BCUT2D eigenvalue weighted by molar-refractivity contribution is 0.00600. The van der Waals surface area contributed by atoms with E-state index in [2.05, 4.69) is 40.1 Å². The van der Waals surface area contributed by atoms with E-state index in [9.17, 15) is 0 Å². The molecule has 0 unspecified atom stereocenters. The zero-order valence-electron chi connectivity index (χ0n) is 25.0. The molecule has 4 aromatic rings. The minimum atomic E-state index is 0.560. The van der Waals surface area contributed by atoms with Crippen LogP contribution in [0.5, 0.6) is 0 Å². The maximum absolute atomic E-state index is 6.13. The van der Waals surface area contributed by atoms with Crippen LogP contribution in [-0.2, 0) is 32.0 Å². The lowest BCUT2D eigenvalue weighted by atomic mass is 10.1. The molecule has 0 atom stereocenters. The van der Waals surface area contributed by atoms with Crippen molar-refractivity contribution in [3.63, 3.8) is 0 Å². The molecule has 7 rings (SSSR count). The standard InChI is InChI=1S/C33H40N6O4S/c34-33-8-7-32(44-33)25-21-30-28-5-1-3-26(35-28)23-38-9-13-40-17-19-42-15-11-39(12-16-43-20-18-41-14-10-38)24-27-4-2-6-29(36-27)31(22-25)37-30/h1-8,21-22H,9-20,23-24,34H2. The van der Waals surface area contributed by atoms with Gasteiger partial charge in [-0.2, -0.15) is 0 Å². The van der Waals surface area contributed by atoms with Crippen LogP contribution >= 0.6 is 11.3 Å². The number of fused-ring (bicyclic) bond motifs is 14. The molecule has 7 heterocycles. The van der Waals surface area contributed by atoms with Crippen LogP contribution in [0, 0.1) is 0 Å². The van der Waals surface area contributed by atoms with E-state index in [0.29, 0.717) is 65.9 Å². The molecule has 10 nitrogen and oxygen atoms in total. The Morgan fingerprint density at radius 2 is 1.02 bits per heavy atom. The third-order valence-corrected chi connectivity index (χ3v) is 8.56. The first-order chi connectivity index (χ1) is 21.7. The molecular weight excluding hydrogens is 576 g/mol. The molecular formula is C33H40N6O4S. The zero-order chi connectivity index (χ0) is 30.0. The number of nitrogens with two attached hydrogens (primary N) is 1. The third-order valence-electron chi connectivity index (χ3n) is 7.60. The van der Waals surface area contributed by atoms with Gasteiger partial charge < -0.3 is 24.7 Å². The summed E-state index contributed by atoms with van der Waals surface area (Å²) in [5, 5.41) is 0.772. The number of ether oxygens (including phenoxy) is 4. The van der Waals surface area contributed by atoms with Gasteiger partial charge in [0.15, 0.2) is 0 Å². The van der Waals surface area contributed by atoms with E-state index < -0.39 is 0 Å². The van der Waals surface area contributed by atoms with Crippen molar-refractivity contribution in [1.82, 2.24) is 24.8 Å². The van der Waals surface area contributed by atoms with Crippen molar-refractivity contribution in [1.29, 1.82) is 0 Å².